The number of nitrogens with two attached hydrogens (primary N) is 1. The number of rotatable bonds is 3. The highest BCUT2D eigenvalue weighted by Gasteiger charge is 2.12. The van der Waals surface area contributed by atoms with E-state index in [2.05, 4.69) is 4.98 Å². The molecule has 3 aromatic rings. The van der Waals surface area contributed by atoms with Crippen LogP contribution in [0.3, 0.4) is 0 Å². The predicted octanol–water partition coefficient (Wildman–Crippen LogP) is 4.73. The number of hydrogen-bond donors (Lipinski definition) is 1. The number of nitrogens with zero attached hydrogens (tertiary/aromatic N) is 1. The summed E-state index contributed by atoms with van der Waals surface area (Å²) in [6, 6.07) is 12.8. The van der Waals surface area contributed by atoms with E-state index in [0.717, 1.165) is 16.8 Å². The van der Waals surface area contributed by atoms with E-state index < -0.39 is 5.82 Å². The highest BCUT2D eigenvalue weighted by molar-refractivity contribution is 7.13. The molecule has 0 aliphatic heterocycles. The van der Waals surface area contributed by atoms with Crippen molar-refractivity contribution in [3.8, 4) is 21.8 Å². The van der Waals surface area contributed by atoms with Crippen molar-refractivity contribution >= 4 is 22.9 Å². The quantitative estimate of drug-likeness (QED) is 0.758. The molecule has 0 saturated heterocycles. The zero-order valence-corrected chi connectivity index (χ0v) is 12.6. The first-order valence-electron chi connectivity index (χ1n) is 6.38. The third kappa shape index (κ3) is 2.83. The van der Waals surface area contributed by atoms with Crippen molar-refractivity contribution in [2.24, 2.45) is 5.73 Å². The van der Waals surface area contributed by atoms with Gasteiger partial charge in [0.25, 0.3) is 0 Å². The summed E-state index contributed by atoms with van der Waals surface area (Å²) in [6.45, 7) is 0.510. The van der Waals surface area contributed by atoms with E-state index in [4.69, 9.17) is 17.3 Å². The highest BCUT2D eigenvalue weighted by Crippen LogP contribution is 2.32. The van der Waals surface area contributed by atoms with Gasteiger partial charge in [-0.2, -0.15) is 0 Å². The van der Waals surface area contributed by atoms with Gasteiger partial charge < -0.3 is 5.73 Å². The second-order valence-corrected chi connectivity index (χ2v) is 5.81. The van der Waals surface area contributed by atoms with Crippen LogP contribution in [0.15, 0.2) is 47.8 Å². The van der Waals surface area contributed by atoms with Gasteiger partial charge in [-0.15, -0.1) is 11.3 Å². The molecular weight excluding hydrogens is 307 g/mol. The Morgan fingerprint density at radius 2 is 1.90 bits per heavy atom. The highest BCUT2D eigenvalue weighted by atomic mass is 35.5. The fraction of sp³-hybridized carbons (Fsp3) is 0.0625. The largest absolute Gasteiger partial charge is 0.326 e. The number of aromatic nitrogens is 1. The minimum absolute atomic E-state index is 0.108. The van der Waals surface area contributed by atoms with Crippen molar-refractivity contribution in [1.82, 2.24) is 4.98 Å². The molecular formula is C16H12ClFN2S. The molecule has 0 spiro atoms. The van der Waals surface area contributed by atoms with Crippen LogP contribution in [0.25, 0.3) is 21.8 Å². The molecule has 2 N–H and O–H groups in total. The minimum Gasteiger partial charge on any atom is -0.326 e. The van der Waals surface area contributed by atoms with Crippen LogP contribution in [0.4, 0.5) is 4.39 Å². The summed E-state index contributed by atoms with van der Waals surface area (Å²) in [7, 11) is 0. The fourth-order valence-corrected chi connectivity index (χ4v) is 3.03. The Balaban J connectivity index is 1.97. The molecule has 0 fully saturated rings. The van der Waals surface area contributed by atoms with Crippen LogP contribution in [-0.2, 0) is 6.54 Å². The topological polar surface area (TPSA) is 38.9 Å². The molecule has 0 aliphatic carbocycles. The summed E-state index contributed by atoms with van der Waals surface area (Å²) in [5.41, 5.74) is 8.88. The molecule has 5 heteroatoms. The lowest BCUT2D eigenvalue weighted by Gasteiger charge is -2.01. The molecule has 3 rings (SSSR count). The molecule has 0 bridgehead atoms. The summed E-state index contributed by atoms with van der Waals surface area (Å²) in [5.74, 6) is -0.432. The van der Waals surface area contributed by atoms with Gasteiger partial charge in [0.2, 0.25) is 0 Å². The third-order valence-electron chi connectivity index (χ3n) is 3.17. The molecule has 0 aliphatic rings. The van der Waals surface area contributed by atoms with Gasteiger partial charge in [0.15, 0.2) is 5.82 Å². The zero-order chi connectivity index (χ0) is 14.8. The second-order valence-electron chi connectivity index (χ2n) is 4.54. The molecule has 106 valence electrons. The van der Waals surface area contributed by atoms with E-state index in [1.807, 2.05) is 29.6 Å². The van der Waals surface area contributed by atoms with Crippen molar-refractivity contribution in [2.75, 3.05) is 0 Å². The van der Waals surface area contributed by atoms with E-state index in [0.29, 0.717) is 17.1 Å². The van der Waals surface area contributed by atoms with Crippen LogP contribution >= 0.6 is 22.9 Å². The van der Waals surface area contributed by atoms with Crippen molar-refractivity contribution < 1.29 is 4.39 Å². The average molecular weight is 319 g/mol. The van der Waals surface area contributed by atoms with Crippen molar-refractivity contribution in [1.29, 1.82) is 0 Å². The van der Waals surface area contributed by atoms with E-state index in [1.165, 1.54) is 17.4 Å². The molecule has 2 nitrogen and oxygen atoms in total. The molecule has 0 amide bonds. The number of thiazole rings is 1. The van der Waals surface area contributed by atoms with Crippen molar-refractivity contribution in [3.05, 3.63) is 64.2 Å². The van der Waals surface area contributed by atoms with Crippen LogP contribution in [0.2, 0.25) is 5.02 Å². The lowest BCUT2D eigenvalue weighted by molar-refractivity contribution is 0.631. The van der Waals surface area contributed by atoms with Crippen LogP contribution in [0, 0.1) is 5.82 Å². The van der Waals surface area contributed by atoms with Crippen LogP contribution in [0.5, 0.6) is 0 Å². The number of halogens is 2. The van der Waals surface area contributed by atoms with Gasteiger partial charge in [-0.3, -0.25) is 0 Å². The standard InChI is InChI=1S/C16H12ClFN2S/c17-13-3-1-2-12(15(13)18)16-20-14(9-21-16)11-6-4-10(8-19)5-7-11/h1-7,9H,8,19H2. The van der Waals surface area contributed by atoms with E-state index in [-0.39, 0.29) is 5.02 Å². The SMILES string of the molecule is NCc1ccc(-c2csc(-c3cccc(Cl)c3F)n2)cc1. The van der Waals surface area contributed by atoms with Crippen molar-refractivity contribution in [3.63, 3.8) is 0 Å². The van der Waals surface area contributed by atoms with Gasteiger partial charge in [0.05, 0.1) is 10.7 Å². The average Bonchev–Trinajstić information content (AvgIpc) is 3.00. The van der Waals surface area contributed by atoms with Crippen molar-refractivity contribution in [2.45, 2.75) is 6.54 Å². The van der Waals surface area contributed by atoms with Gasteiger partial charge in [-0.05, 0) is 17.7 Å². The molecule has 0 saturated carbocycles. The number of benzene rings is 2. The molecule has 2 aromatic carbocycles. The summed E-state index contributed by atoms with van der Waals surface area (Å²) < 4.78 is 14.0. The van der Waals surface area contributed by atoms with E-state index in [9.17, 15) is 4.39 Å². The monoisotopic (exact) mass is 318 g/mol. The summed E-state index contributed by atoms with van der Waals surface area (Å²) in [6.07, 6.45) is 0. The van der Waals surface area contributed by atoms with Gasteiger partial charge >= 0.3 is 0 Å². The van der Waals surface area contributed by atoms with E-state index >= 15 is 0 Å². The first-order chi connectivity index (χ1) is 10.2. The van der Waals surface area contributed by atoms with Crippen LogP contribution in [-0.4, -0.2) is 4.98 Å². The smallest absolute Gasteiger partial charge is 0.152 e. The molecule has 0 unspecified atom stereocenters. The number of hydrogen-bond acceptors (Lipinski definition) is 3. The minimum atomic E-state index is -0.432. The molecule has 21 heavy (non-hydrogen) atoms. The maximum absolute atomic E-state index is 14.0. The maximum atomic E-state index is 14.0. The zero-order valence-electron chi connectivity index (χ0n) is 11.0. The Morgan fingerprint density at radius 1 is 1.14 bits per heavy atom. The van der Waals surface area contributed by atoms with Crippen LogP contribution in [0.1, 0.15) is 5.56 Å². The lowest BCUT2D eigenvalue weighted by Crippen LogP contribution is -1.95. The van der Waals surface area contributed by atoms with Gasteiger partial charge in [0.1, 0.15) is 5.01 Å². The van der Waals surface area contributed by atoms with Gasteiger partial charge in [-0.1, -0.05) is 41.9 Å². The van der Waals surface area contributed by atoms with Gasteiger partial charge in [0, 0.05) is 23.1 Å². The maximum Gasteiger partial charge on any atom is 0.152 e. The summed E-state index contributed by atoms with van der Waals surface area (Å²) >= 11 is 7.21. The molecule has 1 aromatic heterocycles. The summed E-state index contributed by atoms with van der Waals surface area (Å²) in [5, 5.41) is 2.64. The first-order valence-corrected chi connectivity index (χ1v) is 7.64. The Labute approximate surface area is 131 Å². The second kappa shape index (κ2) is 5.93. The fourth-order valence-electron chi connectivity index (χ4n) is 2.01. The molecule has 0 radical (unpaired) electrons. The molecule has 0 atom stereocenters. The third-order valence-corrected chi connectivity index (χ3v) is 4.34. The lowest BCUT2D eigenvalue weighted by atomic mass is 10.1. The van der Waals surface area contributed by atoms with Crippen LogP contribution < -0.4 is 5.73 Å². The Morgan fingerprint density at radius 3 is 2.62 bits per heavy atom. The first kappa shape index (κ1) is 14.2. The van der Waals surface area contributed by atoms with E-state index in [1.54, 1.807) is 12.1 Å². The van der Waals surface area contributed by atoms with Gasteiger partial charge in [-0.25, -0.2) is 9.37 Å². The Kier molecular flexibility index (Phi) is 4.01. The Hall–Kier alpha value is -1.75. The normalized spacial score (nSPS) is 10.8. The Bertz CT molecular complexity index is 768. The predicted molar refractivity (Wildman–Crippen MR) is 85.8 cm³/mol. The summed E-state index contributed by atoms with van der Waals surface area (Å²) in [4.78, 5) is 4.50. The molecule has 1 heterocycles.